The zero-order valence-electron chi connectivity index (χ0n) is 13.4. The first-order chi connectivity index (χ1) is 10.8. The van der Waals surface area contributed by atoms with Gasteiger partial charge in [0.05, 0.1) is 5.69 Å². The lowest BCUT2D eigenvalue weighted by Crippen LogP contribution is -2.40. The Kier molecular flexibility index (Phi) is 7.03. The van der Waals surface area contributed by atoms with Crippen LogP contribution in [-0.4, -0.2) is 48.8 Å². The predicted molar refractivity (Wildman–Crippen MR) is 90.6 cm³/mol. The van der Waals surface area contributed by atoms with Crippen molar-refractivity contribution in [1.29, 1.82) is 0 Å². The summed E-state index contributed by atoms with van der Waals surface area (Å²) in [5, 5.41) is 13.2. The maximum atomic E-state index is 9.94. The molecule has 0 radical (unpaired) electrons. The lowest BCUT2D eigenvalue weighted by molar-refractivity contribution is 0.146. The summed E-state index contributed by atoms with van der Waals surface area (Å²) < 4.78 is 5.35. The van der Waals surface area contributed by atoms with Gasteiger partial charge in [-0.15, -0.1) is 0 Å². The Balaban J connectivity index is 2.00. The molecule has 122 valence electrons. The molecule has 22 heavy (non-hydrogen) atoms. The van der Waals surface area contributed by atoms with Crippen LogP contribution < -0.4 is 5.32 Å². The number of hydrogen-bond donors (Lipinski definition) is 2. The molecule has 1 fully saturated rings. The van der Waals surface area contributed by atoms with Crippen LogP contribution in [0.4, 0.5) is 5.69 Å². The highest BCUT2D eigenvalue weighted by atomic mass is 16.5. The molecule has 1 aromatic carbocycles. The molecule has 0 saturated carbocycles. The number of benzene rings is 1. The number of phenols is 1. The molecule has 0 bridgehead atoms. The van der Waals surface area contributed by atoms with E-state index in [0.717, 1.165) is 45.2 Å². The van der Waals surface area contributed by atoms with Gasteiger partial charge in [-0.3, -0.25) is 4.99 Å². The zero-order valence-corrected chi connectivity index (χ0v) is 13.4. The average Bonchev–Trinajstić information content (AvgIpc) is 2.56. The molecule has 0 aromatic heterocycles. The molecule has 0 spiro atoms. The predicted octanol–water partition coefficient (Wildman–Crippen LogP) is 3.07. The van der Waals surface area contributed by atoms with Crippen molar-refractivity contribution in [3.05, 3.63) is 24.3 Å². The Morgan fingerprint density at radius 1 is 1.27 bits per heavy atom. The van der Waals surface area contributed by atoms with E-state index >= 15 is 0 Å². The first-order valence-electron chi connectivity index (χ1n) is 8.23. The van der Waals surface area contributed by atoms with Gasteiger partial charge in [-0.05, 0) is 44.7 Å². The van der Waals surface area contributed by atoms with Crippen molar-refractivity contribution in [2.75, 3.05) is 38.2 Å². The number of likely N-dealkylation sites (tertiary alicyclic amines) is 1. The summed E-state index contributed by atoms with van der Waals surface area (Å²) in [5.74, 6) is 1.11. The molecule has 1 heterocycles. The summed E-state index contributed by atoms with van der Waals surface area (Å²) in [7, 11) is 0. The van der Waals surface area contributed by atoms with Crippen LogP contribution in [0.5, 0.6) is 5.75 Å². The third kappa shape index (κ3) is 5.22. The minimum absolute atomic E-state index is 0.251. The van der Waals surface area contributed by atoms with Gasteiger partial charge in [0.15, 0.2) is 5.96 Å². The van der Waals surface area contributed by atoms with Gasteiger partial charge in [-0.2, -0.15) is 0 Å². The second kappa shape index (κ2) is 9.30. The molecular formula is C17H27N3O2. The maximum Gasteiger partial charge on any atom is 0.198 e. The number of rotatable bonds is 6. The Hall–Kier alpha value is -1.75. The fourth-order valence-corrected chi connectivity index (χ4v) is 2.52. The summed E-state index contributed by atoms with van der Waals surface area (Å²) in [6.45, 7) is 6.26. The van der Waals surface area contributed by atoms with Gasteiger partial charge in [0.25, 0.3) is 0 Å². The molecule has 1 aliphatic heterocycles. The summed E-state index contributed by atoms with van der Waals surface area (Å²) in [6.07, 6.45) is 4.58. The zero-order chi connectivity index (χ0) is 15.6. The number of piperidine rings is 1. The molecule has 0 amide bonds. The van der Waals surface area contributed by atoms with E-state index in [1.807, 2.05) is 25.1 Å². The van der Waals surface area contributed by atoms with E-state index in [1.54, 1.807) is 6.07 Å². The van der Waals surface area contributed by atoms with Crippen LogP contribution in [0, 0.1) is 0 Å². The van der Waals surface area contributed by atoms with Crippen LogP contribution in [0.2, 0.25) is 0 Å². The second-order valence-corrected chi connectivity index (χ2v) is 5.45. The summed E-state index contributed by atoms with van der Waals surface area (Å²) >= 11 is 0. The first-order valence-corrected chi connectivity index (χ1v) is 8.23. The van der Waals surface area contributed by atoms with Crippen LogP contribution in [-0.2, 0) is 4.74 Å². The van der Waals surface area contributed by atoms with Crippen LogP contribution in [0.15, 0.2) is 29.3 Å². The van der Waals surface area contributed by atoms with Gasteiger partial charge in [-0.1, -0.05) is 12.1 Å². The fraction of sp³-hybridized carbons (Fsp3) is 0.588. The smallest absolute Gasteiger partial charge is 0.198 e. The number of guanidine groups is 1. The quantitative estimate of drug-likeness (QED) is 0.367. The van der Waals surface area contributed by atoms with Gasteiger partial charge in [0, 0.05) is 32.8 Å². The maximum absolute atomic E-state index is 9.94. The largest absolute Gasteiger partial charge is 0.506 e. The Bertz CT molecular complexity index is 471. The molecule has 2 rings (SSSR count). The van der Waals surface area contributed by atoms with Gasteiger partial charge < -0.3 is 20.1 Å². The van der Waals surface area contributed by atoms with Crippen molar-refractivity contribution >= 4 is 11.6 Å². The van der Waals surface area contributed by atoms with E-state index in [-0.39, 0.29) is 5.75 Å². The number of para-hydroxylation sites is 2. The van der Waals surface area contributed by atoms with Gasteiger partial charge in [-0.25, -0.2) is 0 Å². The van der Waals surface area contributed by atoms with Gasteiger partial charge >= 0.3 is 0 Å². The molecular weight excluding hydrogens is 278 g/mol. The van der Waals surface area contributed by atoms with Crippen LogP contribution in [0.3, 0.4) is 0 Å². The molecule has 0 unspecified atom stereocenters. The van der Waals surface area contributed by atoms with Gasteiger partial charge in [0.1, 0.15) is 5.75 Å². The fourth-order valence-electron chi connectivity index (χ4n) is 2.52. The molecule has 2 N–H and O–H groups in total. The summed E-state index contributed by atoms with van der Waals surface area (Å²) in [6, 6.07) is 7.28. The number of nitrogens with one attached hydrogen (secondary N) is 1. The van der Waals surface area contributed by atoms with E-state index < -0.39 is 0 Å². The molecule has 0 atom stereocenters. The van der Waals surface area contributed by atoms with E-state index in [0.29, 0.717) is 5.69 Å². The first kappa shape index (κ1) is 16.6. The number of hydrogen-bond acceptors (Lipinski definition) is 3. The molecule has 1 aromatic rings. The minimum atomic E-state index is 0.251. The molecule has 1 saturated heterocycles. The number of ether oxygens (including phenoxy) is 1. The standard InChI is InChI=1S/C17H27N3O2/c1-2-22-14-8-11-18-17(20-12-6-3-7-13-20)19-15-9-4-5-10-16(15)21/h4-5,9-10,21H,2-3,6-8,11-14H2,1H3,(H,18,19). The van der Waals surface area contributed by atoms with Crippen molar-refractivity contribution < 1.29 is 9.84 Å². The van der Waals surface area contributed by atoms with Crippen molar-refractivity contribution in [3.8, 4) is 5.75 Å². The Morgan fingerprint density at radius 2 is 2.05 bits per heavy atom. The third-order valence-corrected chi connectivity index (χ3v) is 3.72. The van der Waals surface area contributed by atoms with E-state index in [4.69, 9.17) is 9.73 Å². The Labute approximate surface area is 133 Å². The number of phenolic OH excluding ortho intramolecular Hbond substituents is 1. The lowest BCUT2D eigenvalue weighted by atomic mass is 10.1. The Morgan fingerprint density at radius 3 is 2.77 bits per heavy atom. The number of aromatic hydroxyl groups is 1. The SMILES string of the molecule is CCOCCCN=C(Nc1ccccc1O)N1CCCCC1. The van der Waals surface area contributed by atoms with Gasteiger partial charge in [0.2, 0.25) is 0 Å². The minimum Gasteiger partial charge on any atom is -0.506 e. The topological polar surface area (TPSA) is 57.1 Å². The second-order valence-electron chi connectivity index (χ2n) is 5.45. The van der Waals surface area contributed by atoms with E-state index in [1.165, 1.54) is 19.3 Å². The van der Waals surface area contributed by atoms with Crippen molar-refractivity contribution in [3.63, 3.8) is 0 Å². The highest BCUT2D eigenvalue weighted by molar-refractivity contribution is 5.95. The van der Waals surface area contributed by atoms with Crippen molar-refractivity contribution in [1.82, 2.24) is 4.90 Å². The summed E-state index contributed by atoms with van der Waals surface area (Å²) in [5.41, 5.74) is 0.705. The number of aliphatic imine (C=N–C) groups is 1. The van der Waals surface area contributed by atoms with E-state index in [2.05, 4.69) is 10.2 Å². The van der Waals surface area contributed by atoms with E-state index in [9.17, 15) is 5.11 Å². The van der Waals surface area contributed by atoms with Crippen molar-refractivity contribution in [2.24, 2.45) is 4.99 Å². The normalized spacial score (nSPS) is 15.9. The monoisotopic (exact) mass is 305 g/mol. The summed E-state index contributed by atoms with van der Waals surface area (Å²) in [4.78, 5) is 6.97. The highest BCUT2D eigenvalue weighted by Crippen LogP contribution is 2.22. The lowest BCUT2D eigenvalue weighted by Gasteiger charge is -2.30. The highest BCUT2D eigenvalue weighted by Gasteiger charge is 2.15. The van der Waals surface area contributed by atoms with Crippen molar-refractivity contribution in [2.45, 2.75) is 32.6 Å². The number of anilines is 1. The molecule has 0 aliphatic carbocycles. The number of nitrogens with zero attached hydrogens (tertiary/aromatic N) is 2. The molecule has 5 nitrogen and oxygen atoms in total. The average molecular weight is 305 g/mol. The molecule has 1 aliphatic rings. The van der Waals surface area contributed by atoms with Crippen LogP contribution in [0.25, 0.3) is 0 Å². The third-order valence-electron chi connectivity index (χ3n) is 3.72. The van der Waals surface area contributed by atoms with Crippen LogP contribution >= 0.6 is 0 Å². The molecule has 5 heteroatoms. The van der Waals surface area contributed by atoms with Crippen LogP contribution in [0.1, 0.15) is 32.6 Å².